The Balaban J connectivity index is 3.04. The van der Waals surface area contributed by atoms with E-state index in [9.17, 15) is 0 Å². The molecule has 0 aliphatic rings. The van der Waals surface area contributed by atoms with Crippen molar-refractivity contribution < 1.29 is 0 Å². The molecule has 0 radical (unpaired) electrons. The SMILES string of the molecule is NCCCCCCCCCCCCCCCCCCCCCCCCCCCCCCCCCCC[Si](Cl)(Cl)Cl. The molecule has 0 saturated carbocycles. The van der Waals surface area contributed by atoms with Crippen LogP contribution < -0.4 is 5.73 Å². The maximum Gasteiger partial charge on any atom is 0.341 e. The summed E-state index contributed by atoms with van der Waals surface area (Å²) in [5.74, 6) is 0. The van der Waals surface area contributed by atoms with Crippen molar-refractivity contribution >= 4 is 39.2 Å². The smallest absolute Gasteiger partial charge is 0.330 e. The lowest BCUT2D eigenvalue weighted by Crippen LogP contribution is -2.07. The highest BCUT2D eigenvalue weighted by Crippen LogP contribution is 2.27. The van der Waals surface area contributed by atoms with Crippen molar-refractivity contribution in [2.24, 2.45) is 5.73 Å². The zero-order chi connectivity index (χ0) is 29.2. The molecule has 0 heterocycles. The van der Waals surface area contributed by atoms with Gasteiger partial charge >= 0.3 is 6.00 Å². The van der Waals surface area contributed by atoms with Crippen molar-refractivity contribution in [1.82, 2.24) is 0 Å². The Hall–Kier alpha value is 1.05. The van der Waals surface area contributed by atoms with Gasteiger partial charge in [-0.25, -0.2) is 0 Å². The molecule has 0 rings (SSSR count). The van der Waals surface area contributed by atoms with E-state index in [2.05, 4.69) is 0 Å². The molecule has 1 nitrogen and oxygen atoms in total. The van der Waals surface area contributed by atoms with Crippen LogP contribution in [-0.4, -0.2) is 12.5 Å². The van der Waals surface area contributed by atoms with Crippen LogP contribution in [0.15, 0.2) is 0 Å². The molecule has 0 atom stereocenters. The number of hydrogen-bond acceptors (Lipinski definition) is 1. The van der Waals surface area contributed by atoms with Crippen LogP contribution in [0.25, 0.3) is 0 Å². The lowest BCUT2D eigenvalue weighted by atomic mass is 10.0. The highest BCUT2D eigenvalue weighted by Gasteiger charge is 2.23. The molecule has 0 spiro atoms. The topological polar surface area (TPSA) is 26.0 Å². The quantitative estimate of drug-likeness (QED) is 0.0416. The molecule has 0 bridgehead atoms. The van der Waals surface area contributed by atoms with Crippen LogP contribution in [-0.2, 0) is 0 Å². The van der Waals surface area contributed by atoms with Crippen LogP contribution in [0, 0.1) is 0 Å². The summed E-state index contributed by atoms with van der Waals surface area (Å²) in [6, 6.07) is -1.54. The molecule has 0 unspecified atom stereocenters. The van der Waals surface area contributed by atoms with E-state index in [1.165, 1.54) is 205 Å². The summed E-state index contributed by atoms with van der Waals surface area (Å²) in [5, 5.41) is 0. The lowest BCUT2D eigenvalue weighted by Gasteiger charge is -2.07. The van der Waals surface area contributed by atoms with E-state index in [1.54, 1.807) is 0 Å². The maximum atomic E-state index is 5.93. The van der Waals surface area contributed by atoms with Crippen molar-refractivity contribution in [3.05, 3.63) is 0 Å². The first-order valence-electron chi connectivity index (χ1n) is 18.3. The van der Waals surface area contributed by atoms with Gasteiger partial charge in [-0.15, -0.1) is 33.2 Å². The molecule has 5 heteroatoms. The van der Waals surface area contributed by atoms with Gasteiger partial charge in [-0.05, 0) is 19.0 Å². The summed E-state index contributed by atoms with van der Waals surface area (Å²) < 4.78 is 0. The Morgan fingerprint density at radius 1 is 0.250 bits per heavy atom. The third-order valence-electron chi connectivity index (χ3n) is 8.66. The van der Waals surface area contributed by atoms with Crippen LogP contribution >= 0.6 is 33.2 Å². The number of rotatable bonds is 35. The second kappa shape index (κ2) is 34.5. The van der Waals surface area contributed by atoms with Crippen LogP contribution in [0.2, 0.25) is 6.04 Å². The first kappa shape index (κ1) is 41.0. The predicted octanol–water partition coefficient (Wildman–Crippen LogP) is 14.5. The zero-order valence-electron chi connectivity index (χ0n) is 27.0. The molecule has 0 fully saturated rings. The van der Waals surface area contributed by atoms with E-state index in [1.807, 2.05) is 0 Å². The maximum absolute atomic E-state index is 5.93. The molecule has 2 N–H and O–H groups in total. The molecule has 0 aromatic heterocycles. The first-order valence-corrected chi connectivity index (χ1v) is 23.6. The van der Waals surface area contributed by atoms with Gasteiger partial charge in [0.05, 0.1) is 0 Å². The van der Waals surface area contributed by atoms with Crippen molar-refractivity contribution in [1.29, 1.82) is 0 Å². The van der Waals surface area contributed by atoms with Crippen LogP contribution in [0.5, 0.6) is 0 Å². The molecule has 0 saturated heterocycles. The summed E-state index contributed by atoms with van der Waals surface area (Å²) in [5.41, 5.74) is 5.55. The highest BCUT2D eigenvalue weighted by atomic mass is 35.8. The fourth-order valence-electron chi connectivity index (χ4n) is 5.95. The van der Waals surface area contributed by atoms with Crippen LogP contribution in [0.3, 0.4) is 0 Å². The Morgan fingerprint density at radius 3 is 0.550 bits per heavy atom. The van der Waals surface area contributed by atoms with Gasteiger partial charge in [0.2, 0.25) is 0 Å². The van der Waals surface area contributed by atoms with Gasteiger partial charge in [0.25, 0.3) is 0 Å². The second-order valence-corrected chi connectivity index (χ2v) is 22.1. The van der Waals surface area contributed by atoms with Crippen molar-refractivity contribution in [2.45, 2.75) is 218 Å². The van der Waals surface area contributed by atoms with E-state index in [4.69, 9.17) is 39.0 Å². The van der Waals surface area contributed by atoms with Crippen molar-refractivity contribution in [3.8, 4) is 0 Å². The minimum absolute atomic E-state index is 0.829. The summed E-state index contributed by atoms with van der Waals surface area (Å²) >= 11 is 17.8. The summed E-state index contributed by atoms with van der Waals surface area (Å²) in [6.07, 6.45) is 46.9. The monoisotopic (exact) mass is 639 g/mol. The van der Waals surface area contributed by atoms with E-state index in [0.29, 0.717) is 0 Å². The summed E-state index contributed by atoms with van der Waals surface area (Å²) in [4.78, 5) is 0. The van der Waals surface area contributed by atoms with Gasteiger partial charge in [-0.2, -0.15) is 0 Å². The molecule has 0 aromatic carbocycles. The average Bonchev–Trinajstić information content (AvgIpc) is 2.92. The van der Waals surface area contributed by atoms with Gasteiger partial charge in [-0.1, -0.05) is 205 Å². The molecule has 40 heavy (non-hydrogen) atoms. The highest BCUT2D eigenvalue weighted by molar-refractivity contribution is 7.64. The number of unbranched alkanes of at least 4 members (excludes halogenated alkanes) is 32. The second-order valence-electron chi connectivity index (χ2n) is 12.8. The van der Waals surface area contributed by atoms with E-state index in [-0.39, 0.29) is 0 Å². The molecule has 0 aliphatic heterocycles. The van der Waals surface area contributed by atoms with E-state index in [0.717, 1.165) is 19.0 Å². The minimum Gasteiger partial charge on any atom is -0.330 e. The number of nitrogens with two attached hydrogens (primary N) is 1. The van der Waals surface area contributed by atoms with E-state index >= 15 is 0 Å². The normalized spacial score (nSPS) is 12.0. The van der Waals surface area contributed by atoms with Gasteiger partial charge in [0.15, 0.2) is 0 Å². The van der Waals surface area contributed by atoms with Gasteiger partial charge < -0.3 is 5.73 Å². The Labute approximate surface area is 268 Å². The summed E-state index contributed by atoms with van der Waals surface area (Å²) in [7, 11) is 0. The number of hydrogen-bond donors (Lipinski definition) is 1. The van der Waals surface area contributed by atoms with Crippen molar-refractivity contribution in [2.75, 3.05) is 6.54 Å². The largest absolute Gasteiger partial charge is 0.341 e. The fourth-order valence-corrected chi connectivity index (χ4v) is 7.80. The predicted molar refractivity (Wildman–Crippen MR) is 190 cm³/mol. The average molecular weight is 641 g/mol. The molecule has 242 valence electrons. The standard InChI is InChI=1S/C35H72Cl3NSi/c36-40(37,38)35-33-31-29-27-25-23-21-19-17-15-13-11-9-7-5-3-1-2-4-6-8-10-12-14-16-18-20-22-24-26-28-30-32-34-39/h1-35,39H2. The molecular formula is C35H72Cl3NSi. The molecular weight excluding hydrogens is 569 g/mol. The van der Waals surface area contributed by atoms with Gasteiger partial charge in [0.1, 0.15) is 0 Å². The Kier molecular flexibility index (Phi) is 35.4. The minimum atomic E-state index is -2.37. The molecule has 0 aliphatic carbocycles. The third-order valence-corrected chi connectivity index (χ3v) is 11.3. The lowest BCUT2D eigenvalue weighted by molar-refractivity contribution is 0.511. The third kappa shape index (κ3) is 39.0. The van der Waals surface area contributed by atoms with E-state index < -0.39 is 6.00 Å². The Bertz CT molecular complexity index is 458. The molecule has 0 aromatic rings. The van der Waals surface area contributed by atoms with Crippen LogP contribution in [0.1, 0.15) is 212 Å². The van der Waals surface area contributed by atoms with Gasteiger partial charge in [-0.3, -0.25) is 0 Å². The van der Waals surface area contributed by atoms with Gasteiger partial charge in [0, 0.05) is 0 Å². The summed E-state index contributed by atoms with van der Waals surface area (Å²) in [6.45, 7) is 0.870. The fraction of sp³-hybridized carbons (Fsp3) is 1.00. The zero-order valence-corrected chi connectivity index (χ0v) is 30.2. The first-order chi connectivity index (χ1) is 19.6. The number of halogens is 3. The Morgan fingerprint density at radius 2 is 0.400 bits per heavy atom. The van der Waals surface area contributed by atoms with Crippen LogP contribution in [0.4, 0.5) is 0 Å². The molecule has 0 amide bonds. The van der Waals surface area contributed by atoms with Crippen molar-refractivity contribution in [3.63, 3.8) is 0 Å².